The molecule has 0 atom stereocenters. The summed E-state index contributed by atoms with van der Waals surface area (Å²) in [6.45, 7) is 6.75. The zero-order valence-electron chi connectivity index (χ0n) is 17.2. The lowest BCUT2D eigenvalue weighted by Gasteiger charge is -2.19. The smallest absolute Gasteiger partial charge is 0.268 e. The normalized spacial score (nSPS) is 14.4. The number of aryl methyl sites for hydroxylation is 1. The van der Waals surface area contributed by atoms with Gasteiger partial charge in [0, 0.05) is 31.4 Å². The second-order valence-electron chi connectivity index (χ2n) is 7.49. The van der Waals surface area contributed by atoms with Crippen LogP contribution < -0.4 is 19.7 Å². The van der Waals surface area contributed by atoms with E-state index < -0.39 is 0 Å². The van der Waals surface area contributed by atoms with Crippen LogP contribution in [0.15, 0.2) is 59.9 Å². The molecule has 0 spiro atoms. The van der Waals surface area contributed by atoms with Gasteiger partial charge in [0.15, 0.2) is 0 Å². The van der Waals surface area contributed by atoms with E-state index in [4.69, 9.17) is 0 Å². The number of anilines is 2. The number of nitrogens with zero attached hydrogens (tertiary/aromatic N) is 3. The SMILES string of the molecule is C=CC/C(C#N)=c1/s/c(=C\c2ccc3c(c2)CCN3c2ccc(C)cc2)c(=O)n1C. The van der Waals surface area contributed by atoms with Crippen molar-refractivity contribution in [1.82, 2.24) is 4.57 Å². The fourth-order valence-electron chi connectivity index (χ4n) is 3.81. The molecule has 30 heavy (non-hydrogen) atoms. The number of nitriles is 1. The highest BCUT2D eigenvalue weighted by Crippen LogP contribution is 2.35. The third kappa shape index (κ3) is 3.62. The average Bonchev–Trinajstić information content (AvgIpc) is 3.29. The molecule has 2 aromatic carbocycles. The molecule has 0 amide bonds. The number of allylic oxidation sites excluding steroid dienone is 1. The fourth-order valence-corrected chi connectivity index (χ4v) is 4.91. The molecule has 1 aromatic heterocycles. The summed E-state index contributed by atoms with van der Waals surface area (Å²) in [6.07, 6.45) is 5.04. The Balaban J connectivity index is 1.74. The number of rotatable bonds is 4. The largest absolute Gasteiger partial charge is 0.341 e. The summed E-state index contributed by atoms with van der Waals surface area (Å²) in [5, 5.41) is 9.41. The second-order valence-corrected chi connectivity index (χ2v) is 8.52. The lowest BCUT2D eigenvalue weighted by Crippen LogP contribution is -2.29. The van der Waals surface area contributed by atoms with E-state index in [1.807, 2.05) is 6.08 Å². The number of benzene rings is 2. The summed E-state index contributed by atoms with van der Waals surface area (Å²) in [6, 6.07) is 17.2. The van der Waals surface area contributed by atoms with Gasteiger partial charge in [-0.05, 0) is 54.8 Å². The first-order valence-electron chi connectivity index (χ1n) is 9.90. The molecule has 0 N–H and O–H groups in total. The minimum atomic E-state index is -0.0754. The molecule has 0 unspecified atom stereocenters. The van der Waals surface area contributed by atoms with Crippen LogP contribution in [0.1, 0.15) is 23.1 Å². The molecule has 0 saturated carbocycles. The van der Waals surface area contributed by atoms with Crippen LogP contribution in [-0.4, -0.2) is 11.1 Å². The van der Waals surface area contributed by atoms with Crippen LogP contribution in [0, 0.1) is 18.3 Å². The van der Waals surface area contributed by atoms with E-state index in [9.17, 15) is 10.1 Å². The summed E-state index contributed by atoms with van der Waals surface area (Å²) >= 11 is 1.36. The third-order valence-electron chi connectivity index (χ3n) is 5.41. The predicted molar refractivity (Wildman–Crippen MR) is 125 cm³/mol. The predicted octanol–water partition coefficient (Wildman–Crippen LogP) is 3.53. The molecule has 4 nitrogen and oxygen atoms in total. The van der Waals surface area contributed by atoms with Crippen molar-refractivity contribution in [1.29, 1.82) is 5.26 Å². The Hall–Kier alpha value is -3.36. The molecule has 150 valence electrons. The minimum Gasteiger partial charge on any atom is -0.341 e. The van der Waals surface area contributed by atoms with Gasteiger partial charge >= 0.3 is 0 Å². The highest BCUT2D eigenvalue weighted by Gasteiger charge is 2.20. The van der Waals surface area contributed by atoms with Gasteiger partial charge < -0.3 is 9.47 Å². The molecule has 1 aliphatic rings. The van der Waals surface area contributed by atoms with Crippen molar-refractivity contribution >= 4 is 34.4 Å². The van der Waals surface area contributed by atoms with Crippen molar-refractivity contribution in [3.8, 4) is 6.07 Å². The van der Waals surface area contributed by atoms with Gasteiger partial charge in [0.25, 0.3) is 5.56 Å². The number of fused-ring (bicyclic) bond motifs is 1. The summed E-state index contributed by atoms with van der Waals surface area (Å²) in [4.78, 5) is 15.0. The number of hydrogen-bond donors (Lipinski definition) is 0. The van der Waals surface area contributed by atoms with Crippen LogP contribution >= 0.6 is 11.3 Å². The molecule has 0 saturated heterocycles. The van der Waals surface area contributed by atoms with Crippen LogP contribution in [0.2, 0.25) is 0 Å². The zero-order chi connectivity index (χ0) is 21.3. The first-order valence-corrected chi connectivity index (χ1v) is 10.7. The third-order valence-corrected chi connectivity index (χ3v) is 6.64. The molecule has 0 aliphatic carbocycles. The Morgan fingerprint density at radius 1 is 1.27 bits per heavy atom. The van der Waals surface area contributed by atoms with Crippen molar-refractivity contribution in [2.75, 3.05) is 11.4 Å². The van der Waals surface area contributed by atoms with E-state index in [2.05, 4.69) is 66.9 Å². The van der Waals surface area contributed by atoms with Gasteiger partial charge in [0.2, 0.25) is 0 Å². The maximum absolute atomic E-state index is 12.7. The van der Waals surface area contributed by atoms with Gasteiger partial charge in [0.1, 0.15) is 4.66 Å². The van der Waals surface area contributed by atoms with Crippen molar-refractivity contribution in [2.24, 2.45) is 7.05 Å². The van der Waals surface area contributed by atoms with Crippen molar-refractivity contribution in [3.63, 3.8) is 0 Å². The highest BCUT2D eigenvalue weighted by molar-refractivity contribution is 7.07. The van der Waals surface area contributed by atoms with Crippen molar-refractivity contribution < 1.29 is 0 Å². The average molecular weight is 414 g/mol. The summed E-state index contributed by atoms with van der Waals surface area (Å²) in [5.41, 5.74) is 6.47. The molecule has 5 heteroatoms. The molecular weight excluding hydrogens is 390 g/mol. The Kier molecular flexibility index (Phi) is 5.43. The molecule has 4 rings (SSSR count). The Bertz CT molecular complexity index is 1340. The van der Waals surface area contributed by atoms with Crippen LogP contribution in [0.3, 0.4) is 0 Å². The van der Waals surface area contributed by atoms with E-state index in [1.54, 1.807) is 17.7 Å². The summed E-state index contributed by atoms with van der Waals surface area (Å²) in [7, 11) is 1.72. The minimum absolute atomic E-state index is 0.0754. The number of aromatic nitrogens is 1. The van der Waals surface area contributed by atoms with Gasteiger partial charge in [-0.1, -0.05) is 29.8 Å². The Morgan fingerprint density at radius 2 is 2.03 bits per heavy atom. The highest BCUT2D eigenvalue weighted by atomic mass is 32.1. The lowest BCUT2D eigenvalue weighted by atomic mass is 10.1. The lowest BCUT2D eigenvalue weighted by molar-refractivity contribution is 0.852. The van der Waals surface area contributed by atoms with Crippen LogP contribution in [-0.2, 0) is 13.5 Å². The molecule has 3 aromatic rings. The van der Waals surface area contributed by atoms with Gasteiger partial charge in [-0.15, -0.1) is 17.9 Å². The Morgan fingerprint density at radius 3 is 2.73 bits per heavy atom. The molecule has 1 aliphatic heterocycles. The quantitative estimate of drug-likeness (QED) is 0.615. The second kappa shape index (κ2) is 8.17. The van der Waals surface area contributed by atoms with Gasteiger partial charge in [-0.25, -0.2) is 0 Å². The number of hydrogen-bond acceptors (Lipinski definition) is 4. The fraction of sp³-hybridized carbons (Fsp3) is 0.200. The standard InChI is InChI=1S/C25H23N3OS/c1-4-5-20(16-26)25-27(3)24(29)23(30-25)15-18-8-11-22-19(14-18)12-13-28(22)21-9-6-17(2)7-10-21/h4,6-11,14-15H,1,5,12-13H2,2-3H3/b23-15-,25-20-. The van der Waals surface area contributed by atoms with Crippen LogP contribution in [0.4, 0.5) is 11.4 Å². The Labute approximate surface area is 180 Å². The van der Waals surface area contributed by atoms with Crippen molar-refractivity contribution in [2.45, 2.75) is 19.8 Å². The van der Waals surface area contributed by atoms with Gasteiger partial charge in [-0.3, -0.25) is 4.79 Å². The van der Waals surface area contributed by atoms with E-state index in [-0.39, 0.29) is 5.56 Å². The van der Waals surface area contributed by atoms with E-state index >= 15 is 0 Å². The van der Waals surface area contributed by atoms with E-state index in [1.165, 1.54) is 33.8 Å². The van der Waals surface area contributed by atoms with E-state index in [0.717, 1.165) is 18.5 Å². The first-order chi connectivity index (χ1) is 14.5. The monoisotopic (exact) mass is 413 g/mol. The number of thiazole rings is 1. The molecule has 0 bridgehead atoms. The summed E-state index contributed by atoms with van der Waals surface area (Å²) < 4.78 is 2.89. The first kappa shape index (κ1) is 19.9. The molecule has 0 radical (unpaired) electrons. The maximum atomic E-state index is 12.7. The summed E-state index contributed by atoms with van der Waals surface area (Å²) in [5.74, 6) is 0. The van der Waals surface area contributed by atoms with Crippen LogP contribution in [0.5, 0.6) is 0 Å². The van der Waals surface area contributed by atoms with Crippen LogP contribution in [0.25, 0.3) is 11.6 Å². The molecule has 2 heterocycles. The maximum Gasteiger partial charge on any atom is 0.268 e. The van der Waals surface area contributed by atoms with Crippen molar-refractivity contribution in [3.05, 3.63) is 91.4 Å². The topological polar surface area (TPSA) is 49.0 Å². The zero-order valence-corrected chi connectivity index (χ0v) is 18.0. The van der Waals surface area contributed by atoms with E-state index in [0.29, 0.717) is 21.2 Å². The van der Waals surface area contributed by atoms with Gasteiger partial charge in [0.05, 0.1) is 16.2 Å². The van der Waals surface area contributed by atoms with Gasteiger partial charge in [-0.2, -0.15) is 5.26 Å². The molecular formula is C25H23N3OS. The molecule has 0 fully saturated rings.